The molecule has 10 nitrogen and oxygen atoms in total. The third-order valence-electron chi connectivity index (χ3n) is 7.90. The predicted molar refractivity (Wildman–Crippen MR) is 173 cm³/mol. The SMILES string of the molecule is C/C(=C(\CCOC(=O)CCCC(=O)OC1CCC(N(C)C(=O)c2ccc3c(c2)=NCN=3)CC1)SSCCC(C)C)N(C)C=O. The van der Waals surface area contributed by atoms with Gasteiger partial charge in [0.15, 0.2) is 0 Å². The van der Waals surface area contributed by atoms with Crippen molar-refractivity contribution >= 4 is 45.8 Å². The number of amides is 2. The maximum absolute atomic E-state index is 13.0. The van der Waals surface area contributed by atoms with Crippen LogP contribution in [0.15, 0.2) is 38.8 Å². The smallest absolute Gasteiger partial charge is 0.306 e. The Hall–Kier alpha value is -2.86. The Morgan fingerprint density at radius 1 is 1.02 bits per heavy atom. The lowest BCUT2D eigenvalue weighted by atomic mass is 9.91. The highest BCUT2D eigenvalue weighted by Crippen LogP contribution is 2.36. The summed E-state index contributed by atoms with van der Waals surface area (Å²) in [5.41, 5.74) is 1.45. The molecule has 1 aliphatic carbocycles. The third-order valence-corrected chi connectivity index (χ3v) is 10.6. The van der Waals surface area contributed by atoms with Gasteiger partial charge in [0.2, 0.25) is 6.41 Å². The van der Waals surface area contributed by atoms with E-state index in [1.165, 1.54) is 4.90 Å². The van der Waals surface area contributed by atoms with Crippen LogP contribution < -0.4 is 10.7 Å². The van der Waals surface area contributed by atoms with Crippen LogP contribution >= 0.6 is 21.6 Å². The number of benzene rings is 1. The molecule has 3 rings (SSSR count). The van der Waals surface area contributed by atoms with Crippen molar-refractivity contribution in [3.63, 3.8) is 0 Å². The first kappa shape index (κ1) is 35.6. The highest BCUT2D eigenvalue weighted by molar-refractivity contribution is 8.78. The lowest BCUT2D eigenvalue weighted by molar-refractivity contribution is -0.151. The fourth-order valence-electron chi connectivity index (χ4n) is 4.93. The van der Waals surface area contributed by atoms with Crippen molar-refractivity contribution in [2.75, 3.05) is 33.1 Å². The van der Waals surface area contributed by atoms with Crippen molar-refractivity contribution < 1.29 is 28.7 Å². The van der Waals surface area contributed by atoms with Gasteiger partial charge in [-0.25, -0.2) is 0 Å². The molecule has 1 aromatic carbocycles. The normalized spacial score (nSPS) is 18.0. The molecule has 242 valence electrons. The number of rotatable bonds is 17. The Morgan fingerprint density at radius 2 is 1.73 bits per heavy atom. The Kier molecular flexibility index (Phi) is 14.7. The van der Waals surface area contributed by atoms with Crippen LogP contribution in [0.3, 0.4) is 0 Å². The molecule has 1 fully saturated rings. The van der Waals surface area contributed by atoms with E-state index < -0.39 is 0 Å². The average molecular weight is 647 g/mol. The van der Waals surface area contributed by atoms with Gasteiger partial charge in [-0.3, -0.25) is 29.2 Å². The molecule has 0 radical (unpaired) electrons. The van der Waals surface area contributed by atoms with Crippen LogP contribution in [0.4, 0.5) is 0 Å². The number of nitrogens with zero attached hydrogens (tertiary/aromatic N) is 4. The summed E-state index contributed by atoms with van der Waals surface area (Å²) in [6.45, 7) is 6.90. The zero-order chi connectivity index (χ0) is 32.1. The number of carbonyl (C=O) groups is 4. The number of ether oxygens (including phenoxy) is 2. The van der Waals surface area contributed by atoms with Gasteiger partial charge in [-0.15, -0.1) is 0 Å². The first-order valence-corrected chi connectivity index (χ1v) is 17.7. The highest BCUT2D eigenvalue weighted by Gasteiger charge is 2.29. The number of esters is 2. The Balaban J connectivity index is 1.32. The number of hydrogen-bond donors (Lipinski definition) is 0. The number of carbonyl (C=O) groups excluding carboxylic acids is 4. The molecule has 1 saturated carbocycles. The molecule has 0 unspecified atom stereocenters. The quantitative estimate of drug-likeness (QED) is 0.104. The molecule has 0 spiro atoms. The molecule has 12 heteroatoms. The minimum Gasteiger partial charge on any atom is -0.465 e. The van der Waals surface area contributed by atoms with Gasteiger partial charge in [-0.1, -0.05) is 35.4 Å². The van der Waals surface area contributed by atoms with Gasteiger partial charge in [-0.05, 0) is 69.6 Å². The lowest BCUT2D eigenvalue weighted by Crippen LogP contribution is -2.41. The predicted octanol–water partition coefficient (Wildman–Crippen LogP) is 4.67. The fourth-order valence-corrected chi connectivity index (χ4v) is 7.73. The van der Waals surface area contributed by atoms with Gasteiger partial charge < -0.3 is 19.3 Å². The van der Waals surface area contributed by atoms with Crippen LogP contribution in [0.5, 0.6) is 0 Å². The Labute approximate surface area is 268 Å². The van der Waals surface area contributed by atoms with E-state index >= 15 is 0 Å². The number of allylic oxidation sites excluding steroid dienone is 1. The van der Waals surface area contributed by atoms with Crippen LogP contribution in [0, 0.1) is 5.92 Å². The summed E-state index contributed by atoms with van der Waals surface area (Å²) < 4.78 is 11.1. The van der Waals surface area contributed by atoms with Crippen molar-refractivity contribution in [3.05, 3.63) is 45.1 Å². The molecule has 1 heterocycles. The van der Waals surface area contributed by atoms with Crippen LogP contribution in [0.2, 0.25) is 0 Å². The second-order valence-corrected chi connectivity index (χ2v) is 14.1. The highest BCUT2D eigenvalue weighted by atomic mass is 33.1. The molecular formula is C32H46N4O6S2. The van der Waals surface area contributed by atoms with E-state index in [9.17, 15) is 19.2 Å². The van der Waals surface area contributed by atoms with Crippen LogP contribution in [0.1, 0.15) is 88.9 Å². The molecule has 0 N–H and O–H groups in total. The molecule has 44 heavy (non-hydrogen) atoms. The van der Waals surface area contributed by atoms with Gasteiger partial charge >= 0.3 is 11.9 Å². The van der Waals surface area contributed by atoms with Gasteiger partial charge in [0.05, 0.1) is 17.3 Å². The molecule has 2 aliphatic rings. The third kappa shape index (κ3) is 11.3. The summed E-state index contributed by atoms with van der Waals surface area (Å²) in [6, 6.07) is 5.51. The monoisotopic (exact) mass is 646 g/mol. The molecule has 2 amide bonds. The number of fused-ring (bicyclic) bond motifs is 1. The van der Waals surface area contributed by atoms with E-state index in [0.29, 0.717) is 43.8 Å². The Morgan fingerprint density at radius 3 is 2.43 bits per heavy atom. The average Bonchev–Trinajstić information content (AvgIpc) is 3.49. The largest absolute Gasteiger partial charge is 0.465 e. The minimum atomic E-state index is -0.351. The summed E-state index contributed by atoms with van der Waals surface area (Å²) in [6.07, 6.45) is 5.78. The molecule has 0 aromatic heterocycles. The van der Waals surface area contributed by atoms with E-state index in [2.05, 4.69) is 23.8 Å². The molecule has 0 atom stereocenters. The van der Waals surface area contributed by atoms with E-state index in [-0.39, 0.29) is 49.4 Å². The van der Waals surface area contributed by atoms with Gasteiger partial charge in [-0.2, -0.15) is 0 Å². The van der Waals surface area contributed by atoms with E-state index in [1.54, 1.807) is 45.7 Å². The van der Waals surface area contributed by atoms with Crippen molar-refractivity contribution in [2.24, 2.45) is 15.9 Å². The van der Waals surface area contributed by atoms with E-state index in [4.69, 9.17) is 9.47 Å². The maximum Gasteiger partial charge on any atom is 0.306 e. The first-order valence-electron chi connectivity index (χ1n) is 15.4. The van der Waals surface area contributed by atoms with E-state index in [0.717, 1.165) is 52.7 Å². The lowest BCUT2D eigenvalue weighted by Gasteiger charge is -2.34. The van der Waals surface area contributed by atoms with Crippen LogP contribution in [-0.4, -0.2) is 79.3 Å². The van der Waals surface area contributed by atoms with Gasteiger partial charge in [0, 0.05) is 61.3 Å². The molecule has 0 saturated heterocycles. The van der Waals surface area contributed by atoms with Gasteiger partial charge in [0.25, 0.3) is 5.91 Å². The van der Waals surface area contributed by atoms with Crippen molar-refractivity contribution in [2.45, 2.75) is 90.7 Å². The fraction of sp³-hybridized carbons (Fsp3) is 0.625. The van der Waals surface area contributed by atoms with E-state index in [1.807, 2.05) is 20.0 Å². The summed E-state index contributed by atoms with van der Waals surface area (Å²) in [4.78, 5) is 61.9. The summed E-state index contributed by atoms with van der Waals surface area (Å²) >= 11 is 0. The minimum absolute atomic E-state index is 0.0443. The summed E-state index contributed by atoms with van der Waals surface area (Å²) in [5, 5.41) is 1.58. The van der Waals surface area contributed by atoms with Gasteiger partial charge in [0.1, 0.15) is 12.8 Å². The molecule has 1 aliphatic heterocycles. The Bertz CT molecular complexity index is 1310. The standard InChI is InChI=1S/C32H46N4O6S2/c1-22(2)16-18-43-44-29(23(3)35(4)21-37)15-17-41-30(38)7-6-8-31(39)42-26-12-10-25(11-13-26)36(5)32(40)24-9-14-27-28(19-24)34-20-33-27/h9,14,19,21-22,25-26H,6-8,10-13,15-18,20H2,1-5H3/b29-23-. The zero-order valence-electron chi connectivity index (χ0n) is 26.6. The second-order valence-electron chi connectivity index (χ2n) is 11.6. The first-order chi connectivity index (χ1) is 21.1. The van der Waals surface area contributed by atoms with Crippen molar-refractivity contribution in [1.82, 2.24) is 9.80 Å². The molecular weight excluding hydrogens is 601 g/mol. The van der Waals surface area contributed by atoms with Crippen LogP contribution in [0.25, 0.3) is 0 Å². The molecule has 0 bridgehead atoms. The summed E-state index contributed by atoms with van der Waals surface area (Å²) in [7, 11) is 6.90. The maximum atomic E-state index is 13.0. The zero-order valence-corrected chi connectivity index (χ0v) is 28.2. The molecule has 1 aromatic rings. The van der Waals surface area contributed by atoms with Crippen molar-refractivity contribution in [1.29, 1.82) is 0 Å². The topological polar surface area (TPSA) is 118 Å². The second kappa shape index (κ2) is 18.2. The number of hydrogen-bond acceptors (Lipinski definition) is 10. The van der Waals surface area contributed by atoms with Crippen molar-refractivity contribution in [3.8, 4) is 0 Å². The van der Waals surface area contributed by atoms with Crippen LogP contribution in [-0.2, 0) is 23.9 Å². The summed E-state index contributed by atoms with van der Waals surface area (Å²) in [5.74, 6) is 0.919.